The van der Waals surface area contributed by atoms with E-state index in [0.717, 1.165) is 19.3 Å². The van der Waals surface area contributed by atoms with Crippen molar-refractivity contribution in [1.29, 1.82) is 0 Å². The molecule has 0 aromatic heterocycles. The predicted octanol–water partition coefficient (Wildman–Crippen LogP) is 2.79. The van der Waals surface area contributed by atoms with E-state index in [4.69, 9.17) is 4.74 Å². The summed E-state index contributed by atoms with van der Waals surface area (Å²) in [5, 5.41) is 0. The Morgan fingerprint density at radius 2 is 1.73 bits per heavy atom. The maximum Gasteiger partial charge on any atom is 0.307 e. The number of ether oxygens (including phenoxy) is 1. The Morgan fingerprint density at radius 3 is 2.23 bits per heavy atom. The number of esters is 1. The van der Waals surface area contributed by atoms with Crippen LogP contribution in [0, 0.1) is 0 Å². The van der Waals surface area contributed by atoms with Crippen molar-refractivity contribution in [3.63, 3.8) is 0 Å². The van der Waals surface area contributed by atoms with Gasteiger partial charge < -0.3 is 4.74 Å². The maximum atomic E-state index is 12.5. The molecule has 118 valence electrons. The van der Waals surface area contributed by atoms with E-state index in [1.807, 2.05) is 0 Å². The Kier molecular flexibility index (Phi) is 5.31. The van der Waals surface area contributed by atoms with E-state index in [1.54, 1.807) is 24.3 Å². The summed E-state index contributed by atoms with van der Waals surface area (Å²) in [6, 6.07) is 6.33. The minimum atomic E-state index is -0.439. The summed E-state index contributed by atoms with van der Waals surface area (Å²) in [5.41, 5.74) is 0.829. The van der Waals surface area contributed by atoms with Crippen LogP contribution in [-0.4, -0.2) is 35.8 Å². The van der Waals surface area contributed by atoms with Crippen molar-refractivity contribution >= 4 is 17.8 Å². The number of methoxy groups -OCH3 is 1. The highest BCUT2D eigenvalue weighted by atomic mass is 16.5. The number of benzene rings is 1. The van der Waals surface area contributed by atoms with Gasteiger partial charge in [0.1, 0.15) is 0 Å². The summed E-state index contributed by atoms with van der Waals surface area (Å²) in [6.45, 7) is 2.08. The van der Waals surface area contributed by atoms with Gasteiger partial charge in [0.25, 0.3) is 11.8 Å². The van der Waals surface area contributed by atoms with E-state index < -0.39 is 12.0 Å². The number of imide groups is 1. The summed E-state index contributed by atoms with van der Waals surface area (Å²) < 4.78 is 4.71. The van der Waals surface area contributed by atoms with Crippen LogP contribution < -0.4 is 0 Å². The van der Waals surface area contributed by atoms with Crippen LogP contribution in [0.3, 0.4) is 0 Å². The third kappa shape index (κ3) is 3.18. The minimum Gasteiger partial charge on any atom is -0.469 e. The Morgan fingerprint density at radius 1 is 1.14 bits per heavy atom. The largest absolute Gasteiger partial charge is 0.469 e. The van der Waals surface area contributed by atoms with E-state index >= 15 is 0 Å². The molecule has 1 aromatic rings. The summed E-state index contributed by atoms with van der Waals surface area (Å²) >= 11 is 0. The normalized spacial score (nSPS) is 14.9. The summed E-state index contributed by atoms with van der Waals surface area (Å²) in [5.74, 6) is -1.03. The monoisotopic (exact) mass is 303 g/mol. The predicted molar refractivity (Wildman–Crippen MR) is 81.5 cm³/mol. The molecule has 0 bridgehead atoms. The van der Waals surface area contributed by atoms with Crippen LogP contribution in [-0.2, 0) is 9.53 Å². The molecule has 1 aliphatic heterocycles. The fourth-order valence-electron chi connectivity index (χ4n) is 2.77. The number of rotatable bonds is 7. The average Bonchev–Trinajstić information content (AvgIpc) is 2.78. The molecule has 0 fully saturated rings. The molecular formula is C17H21NO4. The molecule has 2 amide bonds. The molecule has 5 heteroatoms. The lowest BCUT2D eigenvalue weighted by Crippen LogP contribution is -2.41. The number of carbonyl (C=O) groups is 3. The van der Waals surface area contributed by atoms with Crippen LogP contribution in [0.1, 0.15) is 59.7 Å². The lowest BCUT2D eigenvalue weighted by atomic mass is 10.0. The number of amides is 2. The molecule has 0 spiro atoms. The average molecular weight is 303 g/mol. The lowest BCUT2D eigenvalue weighted by Gasteiger charge is -2.25. The third-order valence-corrected chi connectivity index (χ3v) is 3.96. The molecule has 0 saturated heterocycles. The smallest absolute Gasteiger partial charge is 0.307 e. The van der Waals surface area contributed by atoms with E-state index in [2.05, 4.69) is 6.92 Å². The number of fused-ring (bicyclic) bond motifs is 1. The van der Waals surface area contributed by atoms with Gasteiger partial charge >= 0.3 is 5.97 Å². The van der Waals surface area contributed by atoms with Crippen LogP contribution in [0.2, 0.25) is 0 Å². The zero-order valence-corrected chi connectivity index (χ0v) is 13.0. The van der Waals surface area contributed by atoms with Crippen LogP contribution in [0.25, 0.3) is 0 Å². The van der Waals surface area contributed by atoms with E-state index in [-0.39, 0.29) is 18.2 Å². The molecule has 1 atom stereocenters. The first-order valence-corrected chi connectivity index (χ1v) is 7.63. The van der Waals surface area contributed by atoms with Gasteiger partial charge in [-0.25, -0.2) is 0 Å². The van der Waals surface area contributed by atoms with Crippen molar-refractivity contribution in [2.75, 3.05) is 7.11 Å². The van der Waals surface area contributed by atoms with Crippen molar-refractivity contribution in [2.45, 2.75) is 45.1 Å². The van der Waals surface area contributed by atoms with Gasteiger partial charge in [0.15, 0.2) is 0 Å². The van der Waals surface area contributed by atoms with Gasteiger partial charge in [0.05, 0.1) is 30.7 Å². The molecule has 5 nitrogen and oxygen atoms in total. The van der Waals surface area contributed by atoms with Crippen LogP contribution in [0.4, 0.5) is 0 Å². The summed E-state index contributed by atoms with van der Waals surface area (Å²) in [6.07, 6.45) is 3.57. The van der Waals surface area contributed by atoms with Crippen molar-refractivity contribution in [2.24, 2.45) is 0 Å². The SMILES string of the molecule is CCCCCC(CC(=O)OC)N1C(=O)c2ccccc2C1=O. The summed E-state index contributed by atoms with van der Waals surface area (Å²) in [4.78, 5) is 37.9. The van der Waals surface area contributed by atoms with Gasteiger partial charge in [-0.05, 0) is 18.6 Å². The standard InChI is InChI=1S/C17H21NO4/c1-3-4-5-8-12(11-15(19)22-2)18-16(20)13-9-6-7-10-14(13)17(18)21/h6-7,9-10,12H,3-5,8,11H2,1-2H3. The molecule has 22 heavy (non-hydrogen) atoms. The van der Waals surface area contributed by atoms with Crippen LogP contribution in [0.5, 0.6) is 0 Å². The minimum absolute atomic E-state index is 0.0473. The van der Waals surface area contributed by atoms with E-state index in [9.17, 15) is 14.4 Å². The first-order chi connectivity index (χ1) is 10.6. The lowest BCUT2D eigenvalue weighted by molar-refractivity contribution is -0.141. The highest BCUT2D eigenvalue weighted by Gasteiger charge is 2.40. The van der Waals surface area contributed by atoms with E-state index in [1.165, 1.54) is 12.0 Å². The van der Waals surface area contributed by atoms with Crippen molar-refractivity contribution < 1.29 is 19.1 Å². The molecule has 1 aliphatic rings. The molecule has 1 unspecified atom stereocenters. The zero-order valence-electron chi connectivity index (χ0n) is 13.0. The van der Waals surface area contributed by atoms with Crippen molar-refractivity contribution in [3.8, 4) is 0 Å². The molecular weight excluding hydrogens is 282 g/mol. The molecule has 2 rings (SSSR count). The fraction of sp³-hybridized carbons (Fsp3) is 0.471. The summed E-state index contributed by atoms with van der Waals surface area (Å²) in [7, 11) is 1.31. The Balaban J connectivity index is 2.22. The number of nitrogens with zero attached hydrogens (tertiary/aromatic N) is 1. The Hall–Kier alpha value is -2.17. The number of hydrogen-bond acceptors (Lipinski definition) is 4. The second kappa shape index (κ2) is 7.20. The maximum absolute atomic E-state index is 12.5. The molecule has 0 aliphatic carbocycles. The number of hydrogen-bond donors (Lipinski definition) is 0. The van der Waals surface area contributed by atoms with Crippen molar-refractivity contribution in [3.05, 3.63) is 35.4 Å². The first-order valence-electron chi connectivity index (χ1n) is 7.63. The van der Waals surface area contributed by atoms with Gasteiger partial charge in [0, 0.05) is 0 Å². The van der Waals surface area contributed by atoms with E-state index in [0.29, 0.717) is 17.5 Å². The second-order valence-corrected chi connectivity index (χ2v) is 5.46. The molecule has 1 heterocycles. The van der Waals surface area contributed by atoms with Crippen LogP contribution >= 0.6 is 0 Å². The Bertz CT molecular complexity index is 547. The Labute approximate surface area is 130 Å². The highest BCUT2D eigenvalue weighted by Crippen LogP contribution is 2.27. The number of carbonyl (C=O) groups excluding carboxylic acids is 3. The molecule has 0 N–H and O–H groups in total. The molecule has 1 aromatic carbocycles. The van der Waals surface area contributed by atoms with Gasteiger partial charge in [-0.15, -0.1) is 0 Å². The molecule has 0 radical (unpaired) electrons. The number of unbranched alkanes of at least 4 members (excludes halogenated alkanes) is 2. The second-order valence-electron chi connectivity index (χ2n) is 5.46. The third-order valence-electron chi connectivity index (χ3n) is 3.96. The fourth-order valence-corrected chi connectivity index (χ4v) is 2.77. The quantitative estimate of drug-likeness (QED) is 0.441. The van der Waals surface area contributed by atoms with Gasteiger partial charge in [0.2, 0.25) is 0 Å². The highest BCUT2D eigenvalue weighted by molar-refractivity contribution is 6.21. The molecule has 0 saturated carbocycles. The van der Waals surface area contributed by atoms with Gasteiger partial charge in [-0.2, -0.15) is 0 Å². The zero-order chi connectivity index (χ0) is 16.1. The van der Waals surface area contributed by atoms with Crippen LogP contribution in [0.15, 0.2) is 24.3 Å². The van der Waals surface area contributed by atoms with Crippen molar-refractivity contribution in [1.82, 2.24) is 4.90 Å². The first kappa shape index (κ1) is 16.2. The van der Waals surface area contributed by atoms with Gasteiger partial charge in [-0.3, -0.25) is 19.3 Å². The topological polar surface area (TPSA) is 63.7 Å². The van der Waals surface area contributed by atoms with Gasteiger partial charge in [-0.1, -0.05) is 38.3 Å².